The van der Waals surface area contributed by atoms with E-state index < -0.39 is 0 Å². The van der Waals surface area contributed by atoms with Crippen molar-refractivity contribution < 1.29 is 9.53 Å². The van der Waals surface area contributed by atoms with Crippen molar-refractivity contribution in [2.24, 2.45) is 0 Å². The number of ether oxygens (including phenoxy) is 1. The Morgan fingerprint density at radius 3 is 2.68 bits per heavy atom. The molecule has 0 aromatic heterocycles. The Morgan fingerprint density at radius 2 is 1.95 bits per heavy atom. The van der Waals surface area contributed by atoms with Gasteiger partial charge in [-0.2, -0.15) is 0 Å². The maximum Gasteiger partial charge on any atom is 0.320 e. The van der Waals surface area contributed by atoms with Gasteiger partial charge in [0.2, 0.25) is 0 Å². The molecule has 19 heavy (non-hydrogen) atoms. The van der Waals surface area contributed by atoms with Crippen LogP contribution in [0.2, 0.25) is 0 Å². The Labute approximate surface area is 113 Å². The Bertz CT molecular complexity index is 429. The van der Waals surface area contributed by atoms with Crippen LogP contribution in [0.5, 0.6) is 0 Å². The zero-order valence-electron chi connectivity index (χ0n) is 11.0. The molecule has 1 heterocycles. The van der Waals surface area contributed by atoms with Gasteiger partial charge in [-0.3, -0.25) is 4.90 Å². The zero-order valence-corrected chi connectivity index (χ0v) is 11.0. The molecule has 0 radical (unpaired) electrons. The molecule has 1 atom stereocenters. The second-order valence-electron chi connectivity index (χ2n) is 5.26. The summed E-state index contributed by atoms with van der Waals surface area (Å²) in [5, 5.41) is 3.13. The summed E-state index contributed by atoms with van der Waals surface area (Å²) < 4.78 is 5.70. The SMILES string of the molecule is O=C(NC1CCCC1)N1CCOC1c1ccccc1. The standard InChI is InChI=1S/C15H20N2O2/c18-15(16-13-8-4-5-9-13)17-10-11-19-14(17)12-6-2-1-3-7-12/h1-3,6-7,13-14H,4-5,8-11H2,(H,16,18). The van der Waals surface area contributed by atoms with Crippen molar-refractivity contribution in [2.45, 2.75) is 38.0 Å². The van der Waals surface area contributed by atoms with Gasteiger partial charge in [-0.1, -0.05) is 43.2 Å². The molecule has 0 spiro atoms. The van der Waals surface area contributed by atoms with Crippen LogP contribution in [0.3, 0.4) is 0 Å². The van der Waals surface area contributed by atoms with Gasteiger partial charge in [0.05, 0.1) is 6.61 Å². The molecule has 1 aromatic carbocycles. The second-order valence-corrected chi connectivity index (χ2v) is 5.26. The number of nitrogens with zero attached hydrogens (tertiary/aromatic N) is 1. The van der Waals surface area contributed by atoms with E-state index in [0.29, 0.717) is 19.2 Å². The van der Waals surface area contributed by atoms with Gasteiger partial charge in [-0.05, 0) is 12.8 Å². The fourth-order valence-electron chi connectivity index (χ4n) is 2.90. The number of hydrogen-bond acceptors (Lipinski definition) is 2. The maximum atomic E-state index is 12.3. The van der Waals surface area contributed by atoms with Crippen molar-refractivity contribution >= 4 is 6.03 Å². The molecular weight excluding hydrogens is 240 g/mol. The minimum atomic E-state index is -0.234. The summed E-state index contributed by atoms with van der Waals surface area (Å²) in [7, 11) is 0. The lowest BCUT2D eigenvalue weighted by Gasteiger charge is -2.25. The molecule has 1 saturated carbocycles. The van der Waals surface area contributed by atoms with E-state index in [1.807, 2.05) is 30.3 Å². The van der Waals surface area contributed by atoms with Gasteiger partial charge in [0, 0.05) is 18.2 Å². The van der Waals surface area contributed by atoms with Gasteiger partial charge in [0.1, 0.15) is 0 Å². The first-order chi connectivity index (χ1) is 9.34. The van der Waals surface area contributed by atoms with E-state index in [2.05, 4.69) is 5.32 Å². The lowest BCUT2D eigenvalue weighted by molar-refractivity contribution is 0.0484. The summed E-state index contributed by atoms with van der Waals surface area (Å²) in [5.41, 5.74) is 1.04. The van der Waals surface area contributed by atoms with E-state index in [1.54, 1.807) is 4.90 Å². The quantitative estimate of drug-likeness (QED) is 0.888. The number of amides is 2. The predicted octanol–water partition coefficient (Wildman–Crippen LogP) is 2.67. The van der Waals surface area contributed by atoms with Crippen LogP contribution in [-0.4, -0.2) is 30.1 Å². The molecule has 102 valence electrons. The van der Waals surface area contributed by atoms with Crippen molar-refractivity contribution in [1.82, 2.24) is 10.2 Å². The third kappa shape index (κ3) is 2.73. The molecule has 4 nitrogen and oxygen atoms in total. The van der Waals surface area contributed by atoms with Crippen LogP contribution in [0.15, 0.2) is 30.3 Å². The van der Waals surface area contributed by atoms with Crippen LogP contribution in [0.1, 0.15) is 37.5 Å². The molecule has 2 fully saturated rings. The van der Waals surface area contributed by atoms with Crippen molar-refractivity contribution in [1.29, 1.82) is 0 Å². The number of carbonyl (C=O) groups excluding carboxylic acids is 1. The third-order valence-electron chi connectivity index (χ3n) is 3.92. The summed E-state index contributed by atoms with van der Waals surface area (Å²) in [6, 6.07) is 10.3. The van der Waals surface area contributed by atoms with Gasteiger partial charge in [-0.15, -0.1) is 0 Å². The van der Waals surface area contributed by atoms with Gasteiger partial charge in [0.15, 0.2) is 6.23 Å². The van der Waals surface area contributed by atoms with E-state index in [4.69, 9.17) is 4.74 Å². The summed E-state index contributed by atoms with van der Waals surface area (Å²) >= 11 is 0. The number of urea groups is 1. The van der Waals surface area contributed by atoms with E-state index in [0.717, 1.165) is 18.4 Å². The van der Waals surface area contributed by atoms with Gasteiger partial charge in [0.25, 0.3) is 0 Å². The van der Waals surface area contributed by atoms with E-state index in [1.165, 1.54) is 12.8 Å². The summed E-state index contributed by atoms with van der Waals surface area (Å²) in [5.74, 6) is 0. The highest BCUT2D eigenvalue weighted by molar-refractivity contribution is 5.75. The largest absolute Gasteiger partial charge is 0.352 e. The highest BCUT2D eigenvalue weighted by Crippen LogP contribution is 2.27. The summed E-state index contributed by atoms with van der Waals surface area (Å²) in [6.07, 6.45) is 4.43. The minimum Gasteiger partial charge on any atom is -0.352 e. The van der Waals surface area contributed by atoms with Crippen LogP contribution >= 0.6 is 0 Å². The lowest BCUT2D eigenvalue weighted by Crippen LogP contribution is -2.43. The van der Waals surface area contributed by atoms with Crippen molar-refractivity contribution in [3.8, 4) is 0 Å². The zero-order chi connectivity index (χ0) is 13.1. The molecule has 3 rings (SSSR count). The van der Waals surface area contributed by atoms with Crippen LogP contribution in [0.4, 0.5) is 4.79 Å². The highest BCUT2D eigenvalue weighted by Gasteiger charge is 2.32. The van der Waals surface area contributed by atoms with E-state index in [9.17, 15) is 4.79 Å². The van der Waals surface area contributed by atoms with Gasteiger partial charge >= 0.3 is 6.03 Å². The van der Waals surface area contributed by atoms with Crippen molar-refractivity contribution in [2.75, 3.05) is 13.2 Å². The molecule has 1 N–H and O–H groups in total. The lowest BCUT2D eigenvalue weighted by atomic mass is 10.2. The van der Waals surface area contributed by atoms with Crippen LogP contribution in [0.25, 0.3) is 0 Å². The first kappa shape index (κ1) is 12.5. The van der Waals surface area contributed by atoms with Crippen molar-refractivity contribution in [3.05, 3.63) is 35.9 Å². The minimum absolute atomic E-state index is 0.0123. The Hall–Kier alpha value is -1.55. The average Bonchev–Trinajstić information content (AvgIpc) is 3.10. The smallest absolute Gasteiger partial charge is 0.320 e. The summed E-state index contributed by atoms with van der Waals surface area (Å²) in [6.45, 7) is 1.27. The number of nitrogens with one attached hydrogen (secondary N) is 1. The van der Waals surface area contributed by atoms with Gasteiger partial charge < -0.3 is 10.1 Å². The summed E-state index contributed by atoms with van der Waals surface area (Å²) in [4.78, 5) is 14.1. The monoisotopic (exact) mass is 260 g/mol. The predicted molar refractivity (Wildman–Crippen MR) is 72.6 cm³/mol. The normalized spacial score (nSPS) is 23.8. The van der Waals surface area contributed by atoms with Crippen LogP contribution in [-0.2, 0) is 4.74 Å². The van der Waals surface area contributed by atoms with Crippen LogP contribution < -0.4 is 5.32 Å². The molecular formula is C15H20N2O2. The maximum absolute atomic E-state index is 12.3. The Kier molecular flexibility index (Phi) is 3.69. The number of carbonyl (C=O) groups is 1. The van der Waals surface area contributed by atoms with E-state index >= 15 is 0 Å². The first-order valence-electron chi connectivity index (χ1n) is 7.08. The molecule has 4 heteroatoms. The van der Waals surface area contributed by atoms with E-state index in [-0.39, 0.29) is 12.3 Å². The average molecular weight is 260 g/mol. The first-order valence-corrected chi connectivity index (χ1v) is 7.08. The Balaban J connectivity index is 1.67. The molecule has 1 aromatic rings. The van der Waals surface area contributed by atoms with Crippen LogP contribution in [0, 0.1) is 0 Å². The second kappa shape index (κ2) is 5.61. The molecule has 1 unspecified atom stereocenters. The van der Waals surface area contributed by atoms with Gasteiger partial charge in [-0.25, -0.2) is 4.79 Å². The molecule has 2 amide bonds. The topological polar surface area (TPSA) is 41.6 Å². The fraction of sp³-hybridized carbons (Fsp3) is 0.533. The molecule has 2 aliphatic rings. The molecule has 1 aliphatic heterocycles. The number of rotatable bonds is 2. The molecule has 0 bridgehead atoms. The molecule has 1 aliphatic carbocycles. The Morgan fingerprint density at radius 1 is 1.21 bits per heavy atom. The van der Waals surface area contributed by atoms with Crippen molar-refractivity contribution in [3.63, 3.8) is 0 Å². The highest BCUT2D eigenvalue weighted by atomic mass is 16.5. The molecule has 1 saturated heterocycles. The fourth-order valence-corrected chi connectivity index (χ4v) is 2.90. The number of hydrogen-bond donors (Lipinski definition) is 1. The third-order valence-corrected chi connectivity index (χ3v) is 3.92. The number of benzene rings is 1.